The Hall–Kier alpha value is -8.46. The van der Waals surface area contributed by atoms with Gasteiger partial charge in [-0.15, -0.1) is 0 Å². The molecule has 13 rings (SSSR count). The van der Waals surface area contributed by atoms with Crippen LogP contribution in [0.5, 0.6) is 0 Å². The van der Waals surface area contributed by atoms with Crippen molar-refractivity contribution >= 4 is 43.1 Å². The second kappa shape index (κ2) is 15.3. The molecule has 0 unspecified atom stereocenters. The highest BCUT2D eigenvalue weighted by atomic mass is 14.9. The molecular weight excluding hydrogens is 809 g/mol. The SMILES string of the molecule is CC1(C)c2cc3ccccc3cc2-c2cc3c4ccccc4c4cc(-c5ccc(-c6nc(-c7ccccc7)cc(-c7cc(-c8ccccc8)cc(-c8ccccc8)c7)n6)cc5)ccc4c3cc21. The summed E-state index contributed by atoms with van der Waals surface area (Å²) in [7, 11) is 0. The van der Waals surface area contributed by atoms with E-state index in [1.165, 1.54) is 70.9 Å². The summed E-state index contributed by atoms with van der Waals surface area (Å²) < 4.78 is 0. The molecule has 0 saturated heterocycles. The van der Waals surface area contributed by atoms with Crippen molar-refractivity contribution in [2.24, 2.45) is 0 Å². The van der Waals surface area contributed by atoms with Crippen molar-refractivity contribution in [1.82, 2.24) is 9.97 Å². The number of hydrogen-bond acceptors (Lipinski definition) is 2. The lowest BCUT2D eigenvalue weighted by Crippen LogP contribution is -2.15. The number of hydrogen-bond donors (Lipinski definition) is 0. The van der Waals surface area contributed by atoms with Gasteiger partial charge in [-0.1, -0.05) is 190 Å². The highest BCUT2D eigenvalue weighted by Gasteiger charge is 2.36. The predicted molar refractivity (Wildman–Crippen MR) is 282 cm³/mol. The van der Waals surface area contributed by atoms with Crippen LogP contribution in [0.2, 0.25) is 0 Å². The van der Waals surface area contributed by atoms with Crippen LogP contribution in [0.1, 0.15) is 25.0 Å². The van der Waals surface area contributed by atoms with E-state index >= 15 is 0 Å². The van der Waals surface area contributed by atoms with Crippen LogP contribution in [-0.4, -0.2) is 9.97 Å². The van der Waals surface area contributed by atoms with E-state index in [0.717, 1.165) is 55.9 Å². The largest absolute Gasteiger partial charge is 0.228 e. The quantitative estimate of drug-likeness (QED) is 0.156. The molecule has 314 valence electrons. The lowest BCUT2D eigenvalue weighted by Gasteiger charge is -2.22. The van der Waals surface area contributed by atoms with Gasteiger partial charge in [-0.3, -0.25) is 0 Å². The molecule has 67 heavy (non-hydrogen) atoms. The first-order valence-electron chi connectivity index (χ1n) is 23.2. The van der Waals surface area contributed by atoms with Gasteiger partial charge >= 0.3 is 0 Å². The fraction of sp³-hybridized carbons (Fsp3) is 0.0462. The molecular formula is C65H44N2. The van der Waals surface area contributed by atoms with Crippen molar-refractivity contribution in [1.29, 1.82) is 0 Å². The Morgan fingerprint density at radius 2 is 0.701 bits per heavy atom. The van der Waals surface area contributed by atoms with E-state index in [9.17, 15) is 0 Å². The monoisotopic (exact) mass is 852 g/mol. The topological polar surface area (TPSA) is 25.8 Å². The summed E-state index contributed by atoms with van der Waals surface area (Å²) in [5.41, 5.74) is 17.1. The molecule has 0 spiro atoms. The predicted octanol–water partition coefficient (Wildman–Crippen LogP) is 17.4. The van der Waals surface area contributed by atoms with Gasteiger partial charge in [-0.05, 0) is 153 Å². The van der Waals surface area contributed by atoms with E-state index in [0.29, 0.717) is 5.82 Å². The normalized spacial score (nSPS) is 12.7. The maximum absolute atomic E-state index is 5.33. The first-order valence-corrected chi connectivity index (χ1v) is 23.2. The van der Waals surface area contributed by atoms with E-state index in [2.05, 4.69) is 238 Å². The van der Waals surface area contributed by atoms with E-state index in [-0.39, 0.29) is 5.41 Å². The van der Waals surface area contributed by atoms with E-state index in [1.807, 2.05) is 6.07 Å². The molecule has 11 aromatic carbocycles. The van der Waals surface area contributed by atoms with Gasteiger partial charge in [0.05, 0.1) is 11.4 Å². The van der Waals surface area contributed by atoms with Gasteiger partial charge in [-0.2, -0.15) is 0 Å². The minimum absolute atomic E-state index is 0.120. The number of rotatable bonds is 6. The summed E-state index contributed by atoms with van der Waals surface area (Å²) >= 11 is 0. The Kier molecular flexibility index (Phi) is 8.91. The molecule has 1 aromatic heterocycles. The second-order valence-corrected chi connectivity index (χ2v) is 18.6. The molecule has 2 nitrogen and oxygen atoms in total. The van der Waals surface area contributed by atoms with Gasteiger partial charge in [-0.25, -0.2) is 9.97 Å². The average Bonchev–Trinajstić information content (AvgIpc) is 3.61. The summed E-state index contributed by atoms with van der Waals surface area (Å²) in [4.78, 5) is 10.5. The minimum Gasteiger partial charge on any atom is -0.228 e. The fourth-order valence-electron chi connectivity index (χ4n) is 10.7. The molecule has 0 bridgehead atoms. The van der Waals surface area contributed by atoms with Gasteiger partial charge < -0.3 is 0 Å². The maximum atomic E-state index is 5.33. The Morgan fingerprint density at radius 3 is 1.34 bits per heavy atom. The molecule has 2 heteroatoms. The molecule has 0 fully saturated rings. The zero-order valence-corrected chi connectivity index (χ0v) is 37.3. The van der Waals surface area contributed by atoms with Gasteiger partial charge in [0.15, 0.2) is 5.82 Å². The first-order chi connectivity index (χ1) is 32.9. The van der Waals surface area contributed by atoms with Crippen LogP contribution in [0.25, 0.3) is 122 Å². The lowest BCUT2D eigenvalue weighted by atomic mass is 9.80. The highest BCUT2D eigenvalue weighted by Crippen LogP contribution is 2.52. The molecule has 1 heterocycles. The third kappa shape index (κ3) is 6.56. The van der Waals surface area contributed by atoms with Gasteiger partial charge in [0.1, 0.15) is 0 Å². The fourth-order valence-corrected chi connectivity index (χ4v) is 10.7. The van der Waals surface area contributed by atoms with E-state index < -0.39 is 0 Å². The summed E-state index contributed by atoms with van der Waals surface area (Å²) in [6.07, 6.45) is 0. The molecule has 0 saturated carbocycles. The first kappa shape index (κ1) is 39.0. The Bertz CT molecular complexity index is 3850. The molecule has 0 radical (unpaired) electrons. The third-order valence-electron chi connectivity index (χ3n) is 14.2. The van der Waals surface area contributed by atoms with Gasteiger partial charge in [0.2, 0.25) is 0 Å². The molecule has 0 aliphatic heterocycles. The van der Waals surface area contributed by atoms with Crippen molar-refractivity contribution < 1.29 is 0 Å². The Labute approximate surface area is 390 Å². The summed E-state index contributed by atoms with van der Waals surface area (Å²) in [5, 5.41) is 10.3. The van der Waals surface area contributed by atoms with Crippen molar-refractivity contribution in [3.8, 4) is 78.4 Å². The molecule has 1 aliphatic rings. The summed E-state index contributed by atoms with van der Waals surface area (Å²) in [6.45, 7) is 4.77. The number of benzene rings is 11. The maximum Gasteiger partial charge on any atom is 0.160 e. The highest BCUT2D eigenvalue weighted by molar-refractivity contribution is 6.26. The van der Waals surface area contributed by atoms with Gasteiger partial charge in [0, 0.05) is 22.1 Å². The van der Waals surface area contributed by atoms with Crippen molar-refractivity contribution in [2.75, 3.05) is 0 Å². The zero-order chi connectivity index (χ0) is 44.6. The lowest BCUT2D eigenvalue weighted by molar-refractivity contribution is 0.662. The molecule has 0 amide bonds. The van der Waals surface area contributed by atoms with E-state index in [1.54, 1.807) is 0 Å². The Balaban J connectivity index is 0.919. The molecule has 0 N–H and O–H groups in total. The number of aromatic nitrogens is 2. The van der Waals surface area contributed by atoms with Crippen LogP contribution >= 0.6 is 0 Å². The van der Waals surface area contributed by atoms with Crippen molar-refractivity contribution in [3.63, 3.8) is 0 Å². The summed E-state index contributed by atoms with van der Waals surface area (Å²) in [6, 6.07) is 83.8. The molecule has 1 aliphatic carbocycles. The molecule has 12 aromatic rings. The standard InChI is InChI=1S/C65H44N2/c1-65(2)60-37-47-23-13-12-22-46(47)36-58(60)59-38-56-53-25-15-14-24-52(53)55-35-48(30-31-54(55)57(56)39-61(59)65)43-26-28-45(29-27-43)64-66-62(44-20-10-5-11-21-44)40-63(67-64)51-33-49(41-16-6-3-7-17-41)32-50(34-51)42-18-8-4-9-19-42/h3-40H,1-2H3. The number of nitrogens with zero attached hydrogens (tertiary/aromatic N) is 2. The zero-order valence-electron chi connectivity index (χ0n) is 37.3. The van der Waals surface area contributed by atoms with Crippen LogP contribution in [0.15, 0.2) is 231 Å². The Morgan fingerprint density at radius 1 is 0.269 bits per heavy atom. The van der Waals surface area contributed by atoms with Gasteiger partial charge in [0.25, 0.3) is 0 Å². The van der Waals surface area contributed by atoms with Crippen LogP contribution in [-0.2, 0) is 5.41 Å². The van der Waals surface area contributed by atoms with Crippen LogP contribution < -0.4 is 0 Å². The molecule has 0 atom stereocenters. The van der Waals surface area contributed by atoms with Crippen LogP contribution in [0.3, 0.4) is 0 Å². The minimum atomic E-state index is -0.120. The smallest absolute Gasteiger partial charge is 0.160 e. The summed E-state index contributed by atoms with van der Waals surface area (Å²) in [5.74, 6) is 0.691. The second-order valence-electron chi connectivity index (χ2n) is 18.6. The van der Waals surface area contributed by atoms with E-state index in [4.69, 9.17) is 9.97 Å². The average molecular weight is 853 g/mol. The third-order valence-corrected chi connectivity index (χ3v) is 14.2. The van der Waals surface area contributed by atoms with Crippen molar-refractivity contribution in [2.45, 2.75) is 19.3 Å². The van der Waals surface area contributed by atoms with Crippen LogP contribution in [0.4, 0.5) is 0 Å². The van der Waals surface area contributed by atoms with Crippen molar-refractivity contribution in [3.05, 3.63) is 242 Å². The number of fused-ring (bicyclic) bond motifs is 10. The van der Waals surface area contributed by atoms with Crippen LogP contribution in [0, 0.1) is 0 Å².